The van der Waals surface area contributed by atoms with Crippen LogP contribution in [0.15, 0.2) is 8.39 Å². The molecule has 0 aliphatic heterocycles. The van der Waals surface area contributed by atoms with Crippen LogP contribution in [0.4, 0.5) is 0 Å². The Morgan fingerprint density at radius 1 is 1.56 bits per heavy atom. The molecule has 2 nitrogen and oxygen atoms in total. The zero-order valence-corrected chi connectivity index (χ0v) is 8.51. The van der Waals surface area contributed by atoms with Crippen molar-refractivity contribution in [3.8, 4) is 5.19 Å². The zero-order valence-electron chi connectivity index (χ0n) is 4.52. The Hall–Kier alpha value is 0.390. The van der Waals surface area contributed by atoms with Crippen LogP contribution >= 0.6 is 43.2 Å². The summed E-state index contributed by atoms with van der Waals surface area (Å²) in [7, 11) is 1.59. The van der Waals surface area contributed by atoms with E-state index in [9.17, 15) is 0 Å². The fraction of sp³-hybridized carbons (Fsp3) is 0.250. The second-order valence-corrected chi connectivity index (χ2v) is 4.28. The molecule has 1 rings (SSSR count). The van der Waals surface area contributed by atoms with Gasteiger partial charge in [-0.25, -0.2) is 0 Å². The van der Waals surface area contributed by atoms with Gasteiger partial charge in [-0.15, -0.1) is 0 Å². The summed E-state index contributed by atoms with van der Waals surface area (Å²) in [5.41, 5.74) is 0. The first-order chi connectivity index (χ1) is 4.24. The third-order valence-corrected chi connectivity index (χ3v) is 3.74. The number of halogens is 2. The van der Waals surface area contributed by atoms with Crippen LogP contribution in [0.3, 0.4) is 0 Å². The molecule has 9 heavy (non-hydrogen) atoms. The van der Waals surface area contributed by atoms with Crippen LogP contribution < -0.4 is 4.74 Å². The lowest BCUT2D eigenvalue weighted by molar-refractivity contribution is 0.411. The predicted molar refractivity (Wildman–Crippen MR) is 44.1 cm³/mol. The zero-order chi connectivity index (χ0) is 6.85. The lowest BCUT2D eigenvalue weighted by Gasteiger charge is -1.84. The molecule has 0 amide bonds. The van der Waals surface area contributed by atoms with Crippen molar-refractivity contribution in [2.24, 2.45) is 0 Å². The summed E-state index contributed by atoms with van der Waals surface area (Å²) < 4.78 is 6.62. The molecule has 0 spiro atoms. The van der Waals surface area contributed by atoms with Crippen molar-refractivity contribution in [2.75, 3.05) is 7.11 Å². The molecular formula is C4H3Br2NOS. The summed E-state index contributed by atoms with van der Waals surface area (Å²) in [6.07, 6.45) is 0. The number of nitrogens with zero attached hydrogens (tertiary/aromatic N) is 1. The first-order valence-corrected chi connectivity index (χ1v) is 4.50. The number of rotatable bonds is 1. The molecule has 0 saturated carbocycles. The van der Waals surface area contributed by atoms with E-state index in [0.717, 1.165) is 8.39 Å². The number of hydrogen-bond acceptors (Lipinski definition) is 3. The Bertz CT molecular complexity index is 193. The average Bonchev–Trinajstić information content (AvgIpc) is 2.13. The van der Waals surface area contributed by atoms with Gasteiger partial charge in [0.1, 0.15) is 8.39 Å². The Morgan fingerprint density at radius 2 is 2.22 bits per heavy atom. The first kappa shape index (κ1) is 7.50. The highest BCUT2D eigenvalue weighted by Gasteiger charge is 2.04. The highest BCUT2D eigenvalue weighted by Crippen LogP contribution is 2.32. The van der Waals surface area contributed by atoms with E-state index in [1.165, 1.54) is 11.3 Å². The predicted octanol–water partition coefficient (Wildman–Crippen LogP) is 2.68. The Kier molecular flexibility index (Phi) is 2.49. The third-order valence-electron chi connectivity index (χ3n) is 0.703. The van der Waals surface area contributed by atoms with E-state index in [0.29, 0.717) is 5.19 Å². The maximum Gasteiger partial charge on any atom is 0.275 e. The summed E-state index contributed by atoms with van der Waals surface area (Å²) in [6, 6.07) is 0. The van der Waals surface area contributed by atoms with E-state index in [1.807, 2.05) is 0 Å². The monoisotopic (exact) mass is 271 g/mol. The van der Waals surface area contributed by atoms with Crippen LogP contribution in [-0.2, 0) is 0 Å². The molecule has 1 aromatic heterocycles. The van der Waals surface area contributed by atoms with E-state index in [-0.39, 0.29) is 0 Å². The summed E-state index contributed by atoms with van der Waals surface area (Å²) >= 11 is 7.97. The van der Waals surface area contributed by atoms with E-state index in [2.05, 4.69) is 36.8 Å². The molecular weight excluding hydrogens is 270 g/mol. The van der Waals surface area contributed by atoms with Crippen LogP contribution in [-0.4, -0.2) is 12.1 Å². The first-order valence-electron chi connectivity index (χ1n) is 2.10. The summed E-state index contributed by atoms with van der Waals surface area (Å²) in [5.74, 6) is 0. The Balaban J connectivity index is 2.98. The fourth-order valence-corrected chi connectivity index (χ4v) is 1.88. The van der Waals surface area contributed by atoms with Gasteiger partial charge < -0.3 is 4.74 Å². The number of ether oxygens (including phenoxy) is 1. The number of thiazole rings is 1. The highest BCUT2D eigenvalue weighted by molar-refractivity contribution is 9.13. The molecule has 0 bridgehead atoms. The molecule has 50 valence electrons. The number of methoxy groups -OCH3 is 1. The van der Waals surface area contributed by atoms with Crippen molar-refractivity contribution >= 4 is 43.2 Å². The van der Waals surface area contributed by atoms with Gasteiger partial charge in [0.05, 0.1) is 7.11 Å². The van der Waals surface area contributed by atoms with Gasteiger partial charge in [-0.3, -0.25) is 0 Å². The summed E-state index contributed by atoms with van der Waals surface area (Å²) in [5, 5.41) is 0.661. The third kappa shape index (κ3) is 1.65. The SMILES string of the molecule is COc1nc(Br)c(Br)s1. The van der Waals surface area contributed by atoms with Crippen molar-refractivity contribution in [1.82, 2.24) is 4.98 Å². The summed E-state index contributed by atoms with van der Waals surface area (Å²) in [6.45, 7) is 0. The number of hydrogen-bond donors (Lipinski definition) is 0. The Morgan fingerprint density at radius 3 is 2.44 bits per heavy atom. The molecule has 0 saturated heterocycles. The summed E-state index contributed by atoms with van der Waals surface area (Å²) in [4.78, 5) is 3.99. The Labute approximate surface area is 73.5 Å². The van der Waals surface area contributed by atoms with Gasteiger partial charge in [-0.1, -0.05) is 11.3 Å². The number of aromatic nitrogens is 1. The van der Waals surface area contributed by atoms with Gasteiger partial charge in [-0.2, -0.15) is 4.98 Å². The smallest absolute Gasteiger partial charge is 0.275 e. The maximum atomic E-state index is 4.86. The lowest BCUT2D eigenvalue weighted by Crippen LogP contribution is -1.77. The molecule has 0 aliphatic rings. The largest absolute Gasteiger partial charge is 0.473 e. The second-order valence-electron chi connectivity index (χ2n) is 1.25. The molecule has 0 aliphatic carbocycles. The molecule has 5 heteroatoms. The molecule has 0 unspecified atom stereocenters. The van der Waals surface area contributed by atoms with Crippen LogP contribution in [0.2, 0.25) is 0 Å². The van der Waals surface area contributed by atoms with Gasteiger partial charge in [-0.05, 0) is 31.9 Å². The highest BCUT2D eigenvalue weighted by atomic mass is 79.9. The topological polar surface area (TPSA) is 22.1 Å². The van der Waals surface area contributed by atoms with E-state index < -0.39 is 0 Å². The van der Waals surface area contributed by atoms with E-state index in [4.69, 9.17) is 4.74 Å². The van der Waals surface area contributed by atoms with Gasteiger partial charge in [0, 0.05) is 0 Å². The van der Waals surface area contributed by atoms with Gasteiger partial charge in [0.15, 0.2) is 0 Å². The van der Waals surface area contributed by atoms with Crippen molar-refractivity contribution in [3.05, 3.63) is 8.39 Å². The lowest BCUT2D eigenvalue weighted by atomic mass is 11.0. The van der Waals surface area contributed by atoms with Gasteiger partial charge >= 0.3 is 0 Å². The van der Waals surface area contributed by atoms with Crippen molar-refractivity contribution in [1.29, 1.82) is 0 Å². The second kappa shape index (κ2) is 2.98. The molecule has 1 heterocycles. The molecule has 0 N–H and O–H groups in total. The minimum atomic E-state index is 0.661. The van der Waals surface area contributed by atoms with Crippen LogP contribution in [0.5, 0.6) is 5.19 Å². The normalized spacial score (nSPS) is 9.67. The van der Waals surface area contributed by atoms with Crippen LogP contribution in [0.1, 0.15) is 0 Å². The molecule has 0 aromatic carbocycles. The molecule has 0 radical (unpaired) electrons. The minimum absolute atomic E-state index is 0.661. The quantitative estimate of drug-likeness (QED) is 0.784. The van der Waals surface area contributed by atoms with Gasteiger partial charge in [0.2, 0.25) is 0 Å². The fourth-order valence-electron chi connectivity index (χ4n) is 0.353. The van der Waals surface area contributed by atoms with E-state index in [1.54, 1.807) is 7.11 Å². The van der Waals surface area contributed by atoms with Crippen molar-refractivity contribution in [3.63, 3.8) is 0 Å². The van der Waals surface area contributed by atoms with Gasteiger partial charge in [0.25, 0.3) is 5.19 Å². The molecule has 1 aromatic rings. The van der Waals surface area contributed by atoms with Crippen molar-refractivity contribution < 1.29 is 4.74 Å². The maximum absolute atomic E-state index is 4.86. The van der Waals surface area contributed by atoms with E-state index >= 15 is 0 Å². The minimum Gasteiger partial charge on any atom is -0.473 e. The van der Waals surface area contributed by atoms with Crippen molar-refractivity contribution in [2.45, 2.75) is 0 Å². The van der Waals surface area contributed by atoms with Crippen LogP contribution in [0.25, 0.3) is 0 Å². The molecule has 0 fully saturated rings. The van der Waals surface area contributed by atoms with Crippen LogP contribution in [0, 0.1) is 0 Å². The standard InChI is InChI=1S/C4H3Br2NOS/c1-8-4-7-2(5)3(6)9-4/h1H3. The molecule has 0 atom stereocenters. The average molecular weight is 273 g/mol.